The highest BCUT2D eigenvalue weighted by Gasteiger charge is 2.34. The second kappa shape index (κ2) is 7.98. The molecule has 1 saturated heterocycles. The predicted octanol–water partition coefficient (Wildman–Crippen LogP) is 2.64. The Bertz CT molecular complexity index is 583. The quantitative estimate of drug-likeness (QED) is 0.716. The van der Waals surface area contributed by atoms with Gasteiger partial charge in [0.05, 0.1) is 19.3 Å². The van der Waals surface area contributed by atoms with Crippen molar-refractivity contribution in [3.8, 4) is 0 Å². The molecule has 1 aliphatic carbocycles. The monoisotopic (exact) mass is 395 g/mol. The number of amides is 3. The number of urea groups is 1. The van der Waals surface area contributed by atoms with Gasteiger partial charge in [0.15, 0.2) is 0 Å². The van der Waals surface area contributed by atoms with Crippen molar-refractivity contribution in [1.29, 1.82) is 0 Å². The summed E-state index contributed by atoms with van der Waals surface area (Å²) in [7, 11) is 0. The third-order valence-corrected chi connectivity index (χ3v) is 5.06. The standard InChI is InChI=1S/C17H22BrN3O3/c18-12-5-7-13(8-6-12)20-17(23)21-15(11-3-1-2-4-11)16(22)19-14-9-24-10-14/h5-8,11,14-15H,1-4,9-10H2,(H,19,22)(H2,20,21,23). The van der Waals surface area contributed by atoms with Gasteiger partial charge in [0.1, 0.15) is 6.04 Å². The summed E-state index contributed by atoms with van der Waals surface area (Å²) >= 11 is 3.36. The number of carbonyl (C=O) groups is 2. The minimum absolute atomic E-state index is 0.0673. The summed E-state index contributed by atoms with van der Waals surface area (Å²) < 4.78 is 6.04. The summed E-state index contributed by atoms with van der Waals surface area (Å²) in [6, 6.07) is 6.54. The van der Waals surface area contributed by atoms with Crippen LogP contribution in [0, 0.1) is 5.92 Å². The van der Waals surface area contributed by atoms with E-state index in [1.165, 1.54) is 0 Å². The lowest BCUT2D eigenvalue weighted by molar-refractivity contribution is -0.128. The van der Waals surface area contributed by atoms with Crippen LogP contribution >= 0.6 is 15.9 Å². The molecule has 24 heavy (non-hydrogen) atoms. The zero-order chi connectivity index (χ0) is 16.9. The SMILES string of the molecule is O=C(Nc1ccc(Br)cc1)NC(C(=O)NC1COC1)C1CCCC1. The van der Waals surface area contributed by atoms with Gasteiger partial charge in [-0.15, -0.1) is 0 Å². The lowest BCUT2D eigenvalue weighted by Gasteiger charge is -2.31. The van der Waals surface area contributed by atoms with Crippen molar-refractivity contribution in [3.63, 3.8) is 0 Å². The molecule has 1 unspecified atom stereocenters. The molecular formula is C17H22BrN3O3. The lowest BCUT2D eigenvalue weighted by atomic mass is 9.97. The molecule has 2 aliphatic rings. The first-order valence-corrected chi connectivity index (χ1v) is 9.12. The van der Waals surface area contributed by atoms with Gasteiger partial charge in [0, 0.05) is 10.2 Å². The molecule has 130 valence electrons. The fraction of sp³-hybridized carbons (Fsp3) is 0.529. The Labute approximate surface area is 149 Å². The Hall–Kier alpha value is -1.60. The minimum Gasteiger partial charge on any atom is -0.377 e. The average molecular weight is 396 g/mol. The third-order valence-electron chi connectivity index (χ3n) is 4.53. The maximum atomic E-state index is 12.6. The summed E-state index contributed by atoms with van der Waals surface area (Å²) in [4.78, 5) is 24.9. The normalized spacial score (nSPS) is 19.4. The molecular weight excluding hydrogens is 374 g/mol. The molecule has 0 radical (unpaired) electrons. The summed E-state index contributed by atoms with van der Waals surface area (Å²) in [5.41, 5.74) is 0.689. The van der Waals surface area contributed by atoms with Crippen molar-refractivity contribution < 1.29 is 14.3 Å². The number of benzene rings is 1. The molecule has 1 aliphatic heterocycles. The van der Waals surface area contributed by atoms with E-state index < -0.39 is 6.04 Å². The highest BCUT2D eigenvalue weighted by Crippen LogP contribution is 2.28. The number of hydrogen-bond donors (Lipinski definition) is 3. The molecule has 1 aromatic rings. The maximum absolute atomic E-state index is 12.6. The van der Waals surface area contributed by atoms with E-state index in [2.05, 4.69) is 31.9 Å². The Kier molecular flexibility index (Phi) is 5.73. The predicted molar refractivity (Wildman–Crippen MR) is 94.8 cm³/mol. The zero-order valence-corrected chi connectivity index (χ0v) is 15.0. The molecule has 0 aromatic heterocycles. The molecule has 3 N–H and O–H groups in total. The second-order valence-corrected chi connectivity index (χ2v) is 7.29. The van der Waals surface area contributed by atoms with Gasteiger partial charge in [0.25, 0.3) is 0 Å². The van der Waals surface area contributed by atoms with Gasteiger partial charge >= 0.3 is 6.03 Å². The number of hydrogen-bond acceptors (Lipinski definition) is 3. The van der Waals surface area contributed by atoms with Gasteiger partial charge in [-0.1, -0.05) is 28.8 Å². The van der Waals surface area contributed by atoms with Crippen LogP contribution in [0.3, 0.4) is 0 Å². The van der Waals surface area contributed by atoms with E-state index in [9.17, 15) is 9.59 Å². The summed E-state index contributed by atoms with van der Waals surface area (Å²) in [5, 5.41) is 8.60. The van der Waals surface area contributed by atoms with E-state index in [1.807, 2.05) is 12.1 Å². The molecule has 1 atom stereocenters. The van der Waals surface area contributed by atoms with E-state index in [1.54, 1.807) is 12.1 Å². The minimum atomic E-state index is -0.497. The maximum Gasteiger partial charge on any atom is 0.319 e. The summed E-state index contributed by atoms with van der Waals surface area (Å²) in [6.45, 7) is 1.10. The topological polar surface area (TPSA) is 79.5 Å². The number of carbonyl (C=O) groups excluding carboxylic acids is 2. The van der Waals surface area contributed by atoms with E-state index in [4.69, 9.17) is 4.74 Å². The van der Waals surface area contributed by atoms with Crippen molar-refractivity contribution in [2.75, 3.05) is 18.5 Å². The Morgan fingerprint density at radius 1 is 1.12 bits per heavy atom. The molecule has 1 aromatic carbocycles. The van der Waals surface area contributed by atoms with Crippen LogP contribution in [0.15, 0.2) is 28.7 Å². The average Bonchev–Trinajstić information content (AvgIpc) is 3.05. The molecule has 2 fully saturated rings. The molecule has 0 bridgehead atoms. The second-order valence-electron chi connectivity index (χ2n) is 6.37. The van der Waals surface area contributed by atoms with Crippen molar-refractivity contribution in [2.24, 2.45) is 5.92 Å². The van der Waals surface area contributed by atoms with Gasteiger partial charge in [0.2, 0.25) is 5.91 Å². The van der Waals surface area contributed by atoms with Crippen molar-refractivity contribution >= 4 is 33.6 Å². The van der Waals surface area contributed by atoms with Gasteiger partial charge in [-0.2, -0.15) is 0 Å². The van der Waals surface area contributed by atoms with Crippen LogP contribution in [0.1, 0.15) is 25.7 Å². The summed E-state index contributed by atoms with van der Waals surface area (Å²) in [6.07, 6.45) is 4.16. The van der Waals surface area contributed by atoms with Crippen molar-refractivity contribution in [1.82, 2.24) is 10.6 Å². The van der Waals surface area contributed by atoms with Crippen LogP contribution in [0.4, 0.5) is 10.5 Å². The molecule has 6 nitrogen and oxygen atoms in total. The molecule has 1 heterocycles. The third kappa shape index (κ3) is 4.48. The molecule has 3 rings (SSSR count). The molecule has 0 spiro atoms. The number of anilines is 1. The number of nitrogens with one attached hydrogen (secondary N) is 3. The van der Waals surface area contributed by atoms with Gasteiger partial charge in [-0.05, 0) is 43.0 Å². The van der Waals surface area contributed by atoms with Gasteiger partial charge < -0.3 is 20.7 Å². The first-order valence-electron chi connectivity index (χ1n) is 8.33. The van der Waals surface area contributed by atoms with Crippen LogP contribution in [0.2, 0.25) is 0 Å². The number of rotatable bonds is 5. The number of ether oxygens (including phenoxy) is 1. The van der Waals surface area contributed by atoms with Crippen LogP contribution in [0.25, 0.3) is 0 Å². The van der Waals surface area contributed by atoms with Crippen molar-refractivity contribution in [2.45, 2.75) is 37.8 Å². The van der Waals surface area contributed by atoms with E-state index in [0.29, 0.717) is 18.9 Å². The smallest absolute Gasteiger partial charge is 0.319 e. The van der Waals surface area contributed by atoms with Crippen molar-refractivity contribution in [3.05, 3.63) is 28.7 Å². The van der Waals surface area contributed by atoms with Gasteiger partial charge in [-0.25, -0.2) is 4.79 Å². The van der Waals surface area contributed by atoms with E-state index in [-0.39, 0.29) is 23.9 Å². The largest absolute Gasteiger partial charge is 0.377 e. The molecule has 7 heteroatoms. The fourth-order valence-corrected chi connectivity index (χ4v) is 3.40. The first kappa shape index (κ1) is 17.2. The lowest BCUT2D eigenvalue weighted by Crippen LogP contribution is -2.57. The Morgan fingerprint density at radius 3 is 2.38 bits per heavy atom. The van der Waals surface area contributed by atoms with Crippen LogP contribution in [-0.4, -0.2) is 37.2 Å². The van der Waals surface area contributed by atoms with Gasteiger partial charge in [-0.3, -0.25) is 4.79 Å². The molecule has 3 amide bonds. The fourth-order valence-electron chi connectivity index (χ4n) is 3.14. The van der Waals surface area contributed by atoms with E-state index in [0.717, 1.165) is 30.2 Å². The summed E-state index contributed by atoms with van der Waals surface area (Å²) in [5.74, 6) is 0.0859. The Balaban J connectivity index is 1.60. The highest BCUT2D eigenvalue weighted by atomic mass is 79.9. The number of halogens is 1. The van der Waals surface area contributed by atoms with Crippen LogP contribution < -0.4 is 16.0 Å². The van der Waals surface area contributed by atoms with Crippen LogP contribution in [0.5, 0.6) is 0 Å². The van der Waals surface area contributed by atoms with Crippen LogP contribution in [-0.2, 0) is 9.53 Å². The zero-order valence-electron chi connectivity index (χ0n) is 13.4. The highest BCUT2D eigenvalue weighted by molar-refractivity contribution is 9.10. The Morgan fingerprint density at radius 2 is 1.79 bits per heavy atom. The molecule has 1 saturated carbocycles. The first-order chi connectivity index (χ1) is 11.6. The van der Waals surface area contributed by atoms with E-state index >= 15 is 0 Å².